The number of aliphatic hydroxyl groups excluding tert-OH is 1. The number of hydrogen-bond donors (Lipinski definition) is 2. The fourth-order valence-electron chi connectivity index (χ4n) is 3.24. The van der Waals surface area contributed by atoms with Crippen LogP contribution in [0.2, 0.25) is 0 Å². The van der Waals surface area contributed by atoms with Crippen LogP contribution in [-0.4, -0.2) is 25.0 Å². The molecule has 22 heavy (non-hydrogen) atoms. The first-order chi connectivity index (χ1) is 10.5. The number of ether oxygens (including phenoxy) is 1. The van der Waals surface area contributed by atoms with Crippen molar-refractivity contribution in [2.24, 2.45) is 17.8 Å². The number of rotatable bonds is 8. The molecule has 0 saturated heterocycles. The highest BCUT2D eigenvalue weighted by Gasteiger charge is 2.26. The van der Waals surface area contributed by atoms with Gasteiger partial charge in [-0.1, -0.05) is 32.1 Å². The molecular weight excluding hydrogens is 274 g/mol. The van der Waals surface area contributed by atoms with Crippen molar-refractivity contribution < 1.29 is 9.84 Å². The van der Waals surface area contributed by atoms with Gasteiger partial charge in [0.05, 0.1) is 12.9 Å². The zero-order valence-electron chi connectivity index (χ0n) is 14.3. The van der Waals surface area contributed by atoms with Crippen LogP contribution in [0, 0.1) is 17.8 Å². The Morgan fingerprint density at radius 1 is 1.55 bits per heavy atom. The van der Waals surface area contributed by atoms with E-state index in [1.807, 2.05) is 0 Å². The van der Waals surface area contributed by atoms with Gasteiger partial charge in [0.25, 0.3) is 0 Å². The molecular formula is C19H31NO2. The average Bonchev–Trinajstić information content (AvgIpc) is 3.34. The maximum atomic E-state index is 10.2. The summed E-state index contributed by atoms with van der Waals surface area (Å²) < 4.78 is 5.38. The van der Waals surface area contributed by atoms with Gasteiger partial charge < -0.3 is 9.84 Å². The fraction of sp³-hybridized carbons (Fsp3) is 0.684. The lowest BCUT2D eigenvalue weighted by molar-refractivity contribution is 0.174. The van der Waals surface area contributed by atoms with Crippen molar-refractivity contribution in [1.29, 1.82) is 0 Å². The molecule has 0 aromatic heterocycles. The van der Waals surface area contributed by atoms with Gasteiger partial charge in [-0.25, -0.2) is 0 Å². The molecule has 0 heterocycles. The topological polar surface area (TPSA) is 41.5 Å². The van der Waals surface area contributed by atoms with Crippen molar-refractivity contribution in [2.45, 2.75) is 52.2 Å². The second-order valence-corrected chi connectivity index (χ2v) is 6.80. The van der Waals surface area contributed by atoms with Crippen LogP contribution in [0.5, 0.6) is 0 Å². The number of nitrogens with one attached hydrogen (secondary N) is 1. The minimum atomic E-state index is -0.619. The van der Waals surface area contributed by atoms with E-state index < -0.39 is 6.23 Å². The first-order valence-electron chi connectivity index (χ1n) is 8.58. The molecule has 3 atom stereocenters. The first-order valence-corrected chi connectivity index (χ1v) is 8.58. The summed E-state index contributed by atoms with van der Waals surface area (Å²) in [7, 11) is 1.75. The van der Waals surface area contributed by atoms with E-state index in [0.29, 0.717) is 11.8 Å². The van der Waals surface area contributed by atoms with E-state index in [4.69, 9.17) is 4.74 Å². The second-order valence-electron chi connectivity index (χ2n) is 6.80. The van der Waals surface area contributed by atoms with E-state index >= 15 is 0 Å². The third-order valence-corrected chi connectivity index (χ3v) is 4.98. The normalized spacial score (nSPS) is 27.3. The largest absolute Gasteiger partial charge is 0.501 e. The predicted molar refractivity (Wildman–Crippen MR) is 91.2 cm³/mol. The van der Waals surface area contributed by atoms with E-state index in [9.17, 15) is 5.11 Å². The van der Waals surface area contributed by atoms with E-state index in [0.717, 1.165) is 43.1 Å². The quantitative estimate of drug-likeness (QED) is 0.530. The third kappa shape index (κ3) is 4.72. The minimum Gasteiger partial charge on any atom is -0.501 e. The highest BCUT2D eigenvalue weighted by molar-refractivity contribution is 5.27. The summed E-state index contributed by atoms with van der Waals surface area (Å²) in [6, 6.07) is 0. The van der Waals surface area contributed by atoms with Gasteiger partial charge in [-0.15, -0.1) is 0 Å². The Bertz CT molecular complexity index is 448. The summed E-state index contributed by atoms with van der Waals surface area (Å²) in [5.41, 5.74) is 2.17. The molecule has 0 bridgehead atoms. The number of methoxy groups -OCH3 is 1. The lowest BCUT2D eigenvalue weighted by Gasteiger charge is -2.30. The maximum absolute atomic E-state index is 10.2. The van der Waals surface area contributed by atoms with Crippen molar-refractivity contribution in [3.63, 3.8) is 0 Å². The summed E-state index contributed by atoms with van der Waals surface area (Å²) >= 11 is 0. The molecule has 2 rings (SSSR count). The van der Waals surface area contributed by atoms with Gasteiger partial charge >= 0.3 is 0 Å². The van der Waals surface area contributed by atoms with Crippen LogP contribution < -0.4 is 5.32 Å². The molecule has 0 amide bonds. The molecule has 0 aromatic rings. The van der Waals surface area contributed by atoms with Crippen LogP contribution in [0.3, 0.4) is 0 Å². The Kier molecular flexibility index (Phi) is 6.27. The lowest BCUT2D eigenvalue weighted by Crippen LogP contribution is -2.31. The molecule has 1 fully saturated rings. The monoisotopic (exact) mass is 305 g/mol. The van der Waals surface area contributed by atoms with Crippen molar-refractivity contribution >= 4 is 0 Å². The summed E-state index contributed by atoms with van der Waals surface area (Å²) in [5.74, 6) is 2.95. The molecule has 0 aromatic carbocycles. The smallest absolute Gasteiger partial charge is 0.130 e. The van der Waals surface area contributed by atoms with Crippen LogP contribution in [0.15, 0.2) is 35.6 Å². The highest BCUT2D eigenvalue weighted by Crippen LogP contribution is 2.36. The zero-order valence-corrected chi connectivity index (χ0v) is 14.3. The minimum absolute atomic E-state index is 0.524. The molecule has 3 unspecified atom stereocenters. The standard InChI is InChI=1S/C19H31NO2/c1-5-16(18-9-8-17(22-4)11-13(18)2)10-14(3)19(21)20-12-15-6-7-15/h8,10,13,15,18-21H,3,5-7,9,11-12H2,1-2,4H3/b16-10+. The van der Waals surface area contributed by atoms with Crippen LogP contribution in [0.25, 0.3) is 0 Å². The summed E-state index contributed by atoms with van der Waals surface area (Å²) in [6.45, 7) is 9.43. The Morgan fingerprint density at radius 3 is 2.82 bits per heavy atom. The fourth-order valence-corrected chi connectivity index (χ4v) is 3.24. The molecule has 0 radical (unpaired) electrons. The highest BCUT2D eigenvalue weighted by atomic mass is 16.5. The molecule has 0 aliphatic heterocycles. The van der Waals surface area contributed by atoms with Crippen molar-refractivity contribution in [2.75, 3.05) is 13.7 Å². The lowest BCUT2D eigenvalue weighted by atomic mass is 9.77. The summed E-state index contributed by atoms with van der Waals surface area (Å²) in [6.07, 6.45) is 9.28. The Hall–Kier alpha value is -1.06. The van der Waals surface area contributed by atoms with Crippen LogP contribution in [-0.2, 0) is 4.74 Å². The maximum Gasteiger partial charge on any atom is 0.130 e. The van der Waals surface area contributed by atoms with E-state index in [1.54, 1.807) is 7.11 Å². The number of aliphatic hydroxyl groups is 1. The van der Waals surface area contributed by atoms with Gasteiger partial charge in [-0.05, 0) is 55.1 Å². The molecule has 1 saturated carbocycles. The second kappa shape index (κ2) is 7.98. The Labute approximate surface area is 135 Å². The Balaban J connectivity index is 1.96. The van der Waals surface area contributed by atoms with Gasteiger partial charge in [-0.2, -0.15) is 0 Å². The molecule has 0 spiro atoms. The van der Waals surface area contributed by atoms with Gasteiger partial charge in [0.15, 0.2) is 0 Å². The summed E-state index contributed by atoms with van der Waals surface area (Å²) in [4.78, 5) is 0. The molecule has 2 aliphatic rings. The van der Waals surface area contributed by atoms with Crippen molar-refractivity contribution in [1.82, 2.24) is 5.32 Å². The van der Waals surface area contributed by atoms with Crippen LogP contribution >= 0.6 is 0 Å². The average molecular weight is 305 g/mol. The van der Waals surface area contributed by atoms with Gasteiger partial charge in [0, 0.05) is 13.0 Å². The molecule has 2 aliphatic carbocycles. The predicted octanol–water partition coefficient (Wildman–Crippen LogP) is 3.77. The SMILES string of the molecule is C=C(/C=C(\CC)C1CC=C(OC)CC1C)C(O)NCC1CC1. The van der Waals surface area contributed by atoms with Crippen molar-refractivity contribution in [3.05, 3.63) is 35.6 Å². The number of hydrogen-bond acceptors (Lipinski definition) is 3. The molecule has 2 N–H and O–H groups in total. The van der Waals surface area contributed by atoms with Crippen LogP contribution in [0.4, 0.5) is 0 Å². The van der Waals surface area contributed by atoms with E-state index in [2.05, 4.69) is 37.9 Å². The van der Waals surface area contributed by atoms with E-state index in [-0.39, 0.29) is 0 Å². The number of allylic oxidation sites excluding steroid dienone is 3. The van der Waals surface area contributed by atoms with E-state index in [1.165, 1.54) is 18.4 Å². The molecule has 124 valence electrons. The van der Waals surface area contributed by atoms with Crippen LogP contribution in [0.1, 0.15) is 46.0 Å². The van der Waals surface area contributed by atoms with Gasteiger partial charge in [0.2, 0.25) is 0 Å². The van der Waals surface area contributed by atoms with Crippen molar-refractivity contribution in [3.8, 4) is 0 Å². The molecule has 3 heteroatoms. The van der Waals surface area contributed by atoms with Gasteiger partial charge in [0.1, 0.15) is 6.23 Å². The van der Waals surface area contributed by atoms with Gasteiger partial charge in [-0.3, -0.25) is 5.32 Å². The third-order valence-electron chi connectivity index (χ3n) is 4.98. The first kappa shape index (κ1) is 17.3. The summed E-state index contributed by atoms with van der Waals surface area (Å²) in [5, 5.41) is 13.4. The zero-order chi connectivity index (χ0) is 16.1. The molecule has 3 nitrogen and oxygen atoms in total. The Morgan fingerprint density at radius 2 is 2.27 bits per heavy atom.